The molecule has 0 radical (unpaired) electrons. The smallest absolute Gasteiger partial charge is 0.350 e. The number of piperidine rings is 1. The van der Waals surface area contributed by atoms with Gasteiger partial charge in [0.05, 0.1) is 30.5 Å². The summed E-state index contributed by atoms with van der Waals surface area (Å²) in [5, 5.41) is 3.55. The number of ether oxygens (including phenoxy) is 2. The number of aryl methyl sites for hydroxylation is 1. The molecule has 174 valence electrons. The summed E-state index contributed by atoms with van der Waals surface area (Å²) in [5.74, 6) is -1.04. The van der Waals surface area contributed by atoms with Crippen molar-refractivity contribution in [2.24, 2.45) is 0 Å². The Labute approximate surface area is 199 Å². The monoisotopic (exact) mass is 487 g/mol. The topological polar surface area (TPSA) is 97.8 Å². The molecule has 1 saturated heterocycles. The van der Waals surface area contributed by atoms with E-state index < -0.39 is 5.97 Å². The average molecular weight is 488 g/mol. The van der Waals surface area contributed by atoms with Crippen LogP contribution >= 0.6 is 22.7 Å². The second kappa shape index (κ2) is 9.98. The zero-order valence-corrected chi connectivity index (χ0v) is 20.3. The first kappa shape index (κ1) is 23.3. The molecule has 1 aliphatic rings. The number of amides is 1. The van der Waals surface area contributed by atoms with E-state index in [0.29, 0.717) is 32.2 Å². The minimum Gasteiger partial charge on any atom is -0.468 e. The molecule has 0 unspecified atom stereocenters. The van der Waals surface area contributed by atoms with E-state index in [2.05, 4.69) is 10.2 Å². The zero-order valence-electron chi connectivity index (χ0n) is 18.7. The van der Waals surface area contributed by atoms with Crippen LogP contribution in [0, 0.1) is 6.92 Å². The molecule has 4 heterocycles. The number of rotatable bonds is 6. The maximum atomic E-state index is 12.8. The third kappa shape index (κ3) is 4.92. The first-order valence-electron chi connectivity index (χ1n) is 10.6. The molecule has 3 aromatic rings. The van der Waals surface area contributed by atoms with E-state index >= 15 is 0 Å². The Hall–Kier alpha value is -2.82. The molecule has 1 amide bonds. The molecule has 4 rings (SSSR count). The molecule has 0 saturated carbocycles. The molecule has 0 bridgehead atoms. The van der Waals surface area contributed by atoms with E-state index in [9.17, 15) is 14.4 Å². The van der Waals surface area contributed by atoms with Gasteiger partial charge in [-0.2, -0.15) is 0 Å². The van der Waals surface area contributed by atoms with E-state index in [0.717, 1.165) is 36.4 Å². The van der Waals surface area contributed by atoms with Gasteiger partial charge in [-0.25, -0.2) is 9.78 Å². The summed E-state index contributed by atoms with van der Waals surface area (Å²) in [6.07, 6.45) is 2.77. The number of aromatic nitrogens is 1. The maximum absolute atomic E-state index is 12.8. The number of likely N-dealkylation sites (tertiary alicyclic amines) is 1. The molecule has 8 nitrogen and oxygen atoms in total. The molecule has 1 aliphatic heterocycles. The number of hydrogen-bond acceptors (Lipinski definition) is 9. The van der Waals surface area contributed by atoms with Crippen molar-refractivity contribution >= 4 is 56.4 Å². The second-order valence-electron chi connectivity index (χ2n) is 7.82. The lowest BCUT2D eigenvalue weighted by Crippen LogP contribution is -2.44. The van der Waals surface area contributed by atoms with Crippen molar-refractivity contribution in [3.63, 3.8) is 0 Å². The van der Waals surface area contributed by atoms with Gasteiger partial charge in [-0.15, -0.1) is 22.7 Å². The van der Waals surface area contributed by atoms with Gasteiger partial charge in [0.1, 0.15) is 15.7 Å². The number of carbonyl (C=O) groups excluding carboxylic acids is 3. The minimum absolute atomic E-state index is 0.228. The van der Waals surface area contributed by atoms with Gasteiger partial charge in [0.15, 0.2) is 0 Å². The van der Waals surface area contributed by atoms with E-state index in [1.807, 2.05) is 25.1 Å². The average Bonchev–Trinajstić information content (AvgIpc) is 3.42. The van der Waals surface area contributed by atoms with Crippen molar-refractivity contribution in [1.29, 1.82) is 0 Å². The van der Waals surface area contributed by atoms with Gasteiger partial charge in [-0.05, 0) is 50.6 Å². The molecule has 10 heteroatoms. The van der Waals surface area contributed by atoms with Crippen LogP contribution in [0.15, 0.2) is 24.3 Å². The number of nitrogens with zero attached hydrogens (tertiary/aromatic N) is 2. The maximum Gasteiger partial charge on any atom is 0.350 e. The van der Waals surface area contributed by atoms with Crippen molar-refractivity contribution in [1.82, 2.24) is 9.88 Å². The van der Waals surface area contributed by atoms with Gasteiger partial charge >= 0.3 is 11.9 Å². The number of hydrogen-bond donors (Lipinski definition) is 1. The number of thiophene rings is 2. The Kier molecular flexibility index (Phi) is 7.06. The molecule has 0 aliphatic carbocycles. The van der Waals surface area contributed by atoms with Crippen LogP contribution in [-0.4, -0.2) is 54.5 Å². The highest BCUT2D eigenvalue weighted by Crippen LogP contribution is 2.36. The highest BCUT2D eigenvalue weighted by atomic mass is 32.1. The van der Waals surface area contributed by atoms with Crippen LogP contribution in [-0.2, 0) is 20.8 Å². The number of nitrogens with one attached hydrogen (secondary N) is 1. The fraction of sp³-hybridized carbons (Fsp3) is 0.391. The highest BCUT2D eigenvalue weighted by molar-refractivity contribution is 7.21. The van der Waals surface area contributed by atoms with Crippen molar-refractivity contribution in [2.45, 2.75) is 38.8 Å². The van der Waals surface area contributed by atoms with Gasteiger partial charge in [0.2, 0.25) is 0 Å². The first-order chi connectivity index (χ1) is 15.9. The molecule has 1 N–H and O–H groups in total. The van der Waals surface area contributed by atoms with Gasteiger partial charge < -0.3 is 14.8 Å². The summed E-state index contributed by atoms with van der Waals surface area (Å²) >= 11 is 2.57. The van der Waals surface area contributed by atoms with E-state index in [1.54, 1.807) is 6.07 Å². The van der Waals surface area contributed by atoms with Crippen LogP contribution in [0.5, 0.6) is 0 Å². The van der Waals surface area contributed by atoms with Gasteiger partial charge in [-0.3, -0.25) is 14.5 Å². The third-order valence-electron chi connectivity index (χ3n) is 5.64. The normalized spacial score (nSPS) is 16.5. The third-order valence-corrected chi connectivity index (χ3v) is 7.72. The van der Waals surface area contributed by atoms with Crippen molar-refractivity contribution in [3.8, 4) is 0 Å². The fourth-order valence-corrected chi connectivity index (χ4v) is 5.82. The van der Waals surface area contributed by atoms with Gasteiger partial charge in [-0.1, -0.05) is 6.42 Å². The Morgan fingerprint density at radius 2 is 1.94 bits per heavy atom. The Morgan fingerprint density at radius 1 is 1.12 bits per heavy atom. The Morgan fingerprint density at radius 3 is 2.64 bits per heavy atom. The fourth-order valence-electron chi connectivity index (χ4n) is 3.99. The van der Waals surface area contributed by atoms with Crippen LogP contribution in [0.25, 0.3) is 10.2 Å². The number of carbonyl (C=O) groups is 3. The standard InChI is InChI=1S/C23H25N3O5S2/c1-13-7-10-17(32-13)20(27)25-18-15-9-8-14(24-21(15)33-19(18)23(29)31-3)12-26-11-5-4-6-16(26)22(28)30-2/h7-10,16H,4-6,11-12H2,1-3H3,(H,25,27)/t16-/m1/s1. The second-order valence-corrected chi connectivity index (χ2v) is 10.1. The Bertz CT molecular complexity index is 1200. The minimum atomic E-state index is -0.529. The molecule has 1 fully saturated rings. The van der Waals surface area contributed by atoms with Crippen LogP contribution < -0.4 is 5.32 Å². The first-order valence-corrected chi connectivity index (χ1v) is 12.2. The summed E-state index contributed by atoms with van der Waals surface area (Å²) in [7, 11) is 2.72. The summed E-state index contributed by atoms with van der Waals surface area (Å²) in [6, 6.07) is 7.08. The lowest BCUT2D eigenvalue weighted by atomic mass is 10.0. The van der Waals surface area contributed by atoms with E-state index in [-0.39, 0.29) is 17.9 Å². The van der Waals surface area contributed by atoms with E-state index in [4.69, 9.17) is 14.5 Å². The number of pyridine rings is 1. The summed E-state index contributed by atoms with van der Waals surface area (Å²) in [4.78, 5) is 46.7. The molecule has 3 aromatic heterocycles. The number of methoxy groups -OCH3 is 2. The number of esters is 2. The summed E-state index contributed by atoms with van der Waals surface area (Å²) < 4.78 is 9.91. The predicted octanol–water partition coefficient (Wildman–Crippen LogP) is 4.23. The van der Waals surface area contributed by atoms with Gasteiger partial charge in [0, 0.05) is 16.8 Å². The van der Waals surface area contributed by atoms with Crippen LogP contribution in [0.1, 0.15) is 49.2 Å². The molecular formula is C23H25N3O5S2. The van der Waals surface area contributed by atoms with Crippen molar-refractivity contribution in [3.05, 3.63) is 44.6 Å². The zero-order chi connectivity index (χ0) is 23.5. The number of anilines is 1. The quantitative estimate of drug-likeness (QED) is 0.520. The van der Waals surface area contributed by atoms with Crippen LogP contribution in [0.4, 0.5) is 5.69 Å². The van der Waals surface area contributed by atoms with Gasteiger partial charge in [0.25, 0.3) is 5.91 Å². The van der Waals surface area contributed by atoms with Crippen molar-refractivity contribution in [2.75, 3.05) is 26.1 Å². The largest absolute Gasteiger partial charge is 0.468 e. The Balaban J connectivity index is 1.64. The van der Waals surface area contributed by atoms with Crippen molar-refractivity contribution < 1.29 is 23.9 Å². The molecule has 1 atom stereocenters. The molecule has 0 aromatic carbocycles. The van der Waals surface area contributed by atoms with Crippen LogP contribution in [0.3, 0.4) is 0 Å². The summed E-state index contributed by atoms with van der Waals surface area (Å²) in [6.45, 7) is 3.22. The highest BCUT2D eigenvalue weighted by Gasteiger charge is 2.30. The lowest BCUT2D eigenvalue weighted by Gasteiger charge is -2.33. The van der Waals surface area contributed by atoms with Crippen LogP contribution in [0.2, 0.25) is 0 Å². The van der Waals surface area contributed by atoms with E-state index in [1.165, 1.54) is 36.9 Å². The summed E-state index contributed by atoms with van der Waals surface area (Å²) in [5.41, 5.74) is 1.19. The molecular weight excluding hydrogens is 462 g/mol. The predicted molar refractivity (Wildman–Crippen MR) is 128 cm³/mol. The molecule has 33 heavy (non-hydrogen) atoms. The number of fused-ring (bicyclic) bond motifs is 1. The SMILES string of the molecule is COC(=O)c1sc2nc(CN3CCCC[C@@H]3C(=O)OC)ccc2c1NC(=O)c1ccc(C)s1. The molecule has 0 spiro atoms. The lowest BCUT2D eigenvalue weighted by molar-refractivity contribution is -0.148.